The highest BCUT2D eigenvalue weighted by Crippen LogP contribution is 2.31. The molecule has 7 nitrogen and oxygen atoms in total. The standard InChI is InChI=1S/C14H11ClN4O3/c15-14-16-7-12(19(21)22)13(18-14)17-11-3-1-2-8-4-5-9(20)6-10(8)11/h1-3,7H,4-6H2,(H,16,17,18). The van der Waals surface area contributed by atoms with E-state index in [1.807, 2.05) is 12.1 Å². The minimum atomic E-state index is -0.584. The van der Waals surface area contributed by atoms with Crippen molar-refractivity contribution in [1.82, 2.24) is 9.97 Å². The fourth-order valence-corrected chi connectivity index (χ4v) is 2.59. The van der Waals surface area contributed by atoms with Gasteiger partial charge in [0.1, 0.15) is 12.0 Å². The molecule has 1 aliphatic carbocycles. The molecule has 0 aliphatic heterocycles. The van der Waals surface area contributed by atoms with Gasteiger partial charge in [0.15, 0.2) is 0 Å². The number of rotatable bonds is 3. The summed E-state index contributed by atoms with van der Waals surface area (Å²) >= 11 is 5.72. The number of Topliss-reactive ketones (excluding diaryl/α,β-unsaturated/α-hetero) is 1. The summed E-state index contributed by atoms with van der Waals surface area (Å²) in [5.41, 5.74) is 2.27. The summed E-state index contributed by atoms with van der Waals surface area (Å²) in [7, 11) is 0. The lowest BCUT2D eigenvalue weighted by molar-refractivity contribution is -0.384. The van der Waals surface area contributed by atoms with Gasteiger partial charge in [-0.05, 0) is 35.2 Å². The van der Waals surface area contributed by atoms with Crippen LogP contribution in [0, 0.1) is 10.1 Å². The number of fused-ring (bicyclic) bond motifs is 1. The summed E-state index contributed by atoms with van der Waals surface area (Å²) in [6.07, 6.45) is 2.57. The number of halogens is 1. The van der Waals surface area contributed by atoms with Gasteiger partial charge in [0, 0.05) is 18.5 Å². The van der Waals surface area contributed by atoms with E-state index in [0.717, 1.165) is 17.3 Å². The van der Waals surface area contributed by atoms with Crippen molar-refractivity contribution in [1.29, 1.82) is 0 Å². The van der Waals surface area contributed by atoms with Gasteiger partial charge in [-0.3, -0.25) is 14.9 Å². The van der Waals surface area contributed by atoms with Crippen molar-refractivity contribution < 1.29 is 9.72 Å². The number of hydrogen-bond donors (Lipinski definition) is 1. The Hall–Kier alpha value is -2.54. The van der Waals surface area contributed by atoms with Gasteiger partial charge in [0.05, 0.1) is 4.92 Å². The number of anilines is 2. The van der Waals surface area contributed by atoms with E-state index < -0.39 is 4.92 Å². The Labute approximate surface area is 130 Å². The lowest BCUT2D eigenvalue weighted by Crippen LogP contribution is -2.15. The quantitative estimate of drug-likeness (QED) is 0.531. The smallest absolute Gasteiger partial charge is 0.329 e. The molecule has 0 spiro atoms. The number of nitrogens with zero attached hydrogens (tertiary/aromatic N) is 3. The van der Waals surface area contributed by atoms with Crippen LogP contribution in [0.5, 0.6) is 0 Å². The summed E-state index contributed by atoms with van der Waals surface area (Å²) in [4.78, 5) is 29.6. The molecule has 8 heteroatoms. The molecule has 0 fully saturated rings. The lowest BCUT2D eigenvalue weighted by Gasteiger charge is -2.19. The van der Waals surface area contributed by atoms with Crippen LogP contribution in [0.1, 0.15) is 17.5 Å². The van der Waals surface area contributed by atoms with Crippen LogP contribution < -0.4 is 5.32 Å². The summed E-state index contributed by atoms with van der Waals surface area (Å²) in [6.45, 7) is 0. The largest absolute Gasteiger partial charge is 0.334 e. The molecular weight excluding hydrogens is 308 g/mol. The van der Waals surface area contributed by atoms with Crippen molar-refractivity contribution in [2.24, 2.45) is 0 Å². The van der Waals surface area contributed by atoms with Crippen LogP contribution in [-0.4, -0.2) is 20.7 Å². The number of carbonyl (C=O) groups excluding carboxylic acids is 1. The van der Waals surface area contributed by atoms with Gasteiger partial charge in [-0.2, -0.15) is 4.98 Å². The third-order valence-corrected chi connectivity index (χ3v) is 3.69. The van der Waals surface area contributed by atoms with Gasteiger partial charge in [-0.15, -0.1) is 0 Å². The zero-order valence-electron chi connectivity index (χ0n) is 11.4. The van der Waals surface area contributed by atoms with Crippen LogP contribution in [0.15, 0.2) is 24.4 Å². The van der Waals surface area contributed by atoms with Crippen LogP contribution in [-0.2, 0) is 17.6 Å². The Morgan fingerprint density at radius 1 is 1.32 bits per heavy atom. The van der Waals surface area contributed by atoms with Crippen molar-refractivity contribution >= 4 is 34.6 Å². The van der Waals surface area contributed by atoms with Gasteiger partial charge >= 0.3 is 5.69 Å². The highest BCUT2D eigenvalue weighted by Gasteiger charge is 2.22. The van der Waals surface area contributed by atoms with E-state index >= 15 is 0 Å². The van der Waals surface area contributed by atoms with E-state index in [1.165, 1.54) is 0 Å². The summed E-state index contributed by atoms with van der Waals surface area (Å²) in [6, 6.07) is 5.55. The minimum absolute atomic E-state index is 0.0106. The molecular formula is C14H11ClN4O3. The molecule has 1 aliphatic rings. The number of benzene rings is 1. The molecule has 112 valence electrons. The van der Waals surface area contributed by atoms with Gasteiger partial charge in [-0.1, -0.05) is 12.1 Å². The Bertz CT molecular complexity index is 779. The molecule has 1 aromatic heterocycles. The Morgan fingerprint density at radius 2 is 2.14 bits per heavy atom. The fraction of sp³-hybridized carbons (Fsp3) is 0.214. The van der Waals surface area contributed by atoms with Gasteiger partial charge < -0.3 is 5.32 Å². The third-order valence-electron chi connectivity index (χ3n) is 3.51. The van der Waals surface area contributed by atoms with Crippen LogP contribution in [0.3, 0.4) is 0 Å². The molecule has 1 heterocycles. The Balaban J connectivity index is 2.03. The maximum Gasteiger partial charge on any atom is 0.329 e. The number of carbonyl (C=O) groups is 1. The molecule has 0 atom stereocenters. The molecule has 0 bridgehead atoms. The van der Waals surface area contributed by atoms with Crippen LogP contribution in [0.2, 0.25) is 5.28 Å². The molecule has 22 heavy (non-hydrogen) atoms. The highest BCUT2D eigenvalue weighted by molar-refractivity contribution is 6.28. The summed E-state index contributed by atoms with van der Waals surface area (Å²) in [5, 5.41) is 13.9. The number of nitrogens with one attached hydrogen (secondary N) is 1. The van der Waals surface area contributed by atoms with E-state index in [-0.39, 0.29) is 22.6 Å². The summed E-state index contributed by atoms with van der Waals surface area (Å²) < 4.78 is 0. The Kier molecular flexibility index (Phi) is 3.72. The van der Waals surface area contributed by atoms with Crippen molar-refractivity contribution in [2.45, 2.75) is 19.3 Å². The van der Waals surface area contributed by atoms with Crippen molar-refractivity contribution in [3.05, 3.63) is 50.9 Å². The molecule has 1 N–H and O–H groups in total. The van der Waals surface area contributed by atoms with E-state index in [2.05, 4.69) is 15.3 Å². The SMILES string of the molecule is O=C1CCc2cccc(Nc3nc(Cl)ncc3[N+](=O)[O-])c2C1. The van der Waals surface area contributed by atoms with E-state index in [9.17, 15) is 14.9 Å². The predicted octanol–water partition coefficient (Wildman–Crippen LogP) is 2.84. The zero-order valence-corrected chi connectivity index (χ0v) is 12.1. The predicted molar refractivity (Wildman–Crippen MR) is 80.5 cm³/mol. The normalized spacial score (nSPS) is 13.6. The molecule has 0 saturated carbocycles. The molecule has 0 radical (unpaired) electrons. The Morgan fingerprint density at radius 3 is 2.91 bits per heavy atom. The number of aryl methyl sites for hydroxylation is 1. The maximum atomic E-state index is 11.7. The third kappa shape index (κ3) is 2.75. The average molecular weight is 319 g/mol. The molecule has 3 rings (SSSR count). The van der Waals surface area contributed by atoms with Crippen LogP contribution in [0.25, 0.3) is 0 Å². The molecule has 0 saturated heterocycles. The van der Waals surface area contributed by atoms with E-state index in [4.69, 9.17) is 11.6 Å². The second-order valence-corrected chi connectivity index (χ2v) is 5.25. The first-order chi connectivity index (χ1) is 10.5. The van der Waals surface area contributed by atoms with Crippen LogP contribution >= 0.6 is 11.6 Å². The first kappa shape index (κ1) is 14.4. The minimum Gasteiger partial charge on any atom is -0.334 e. The van der Waals surface area contributed by atoms with Gasteiger partial charge in [0.25, 0.3) is 0 Å². The van der Waals surface area contributed by atoms with Crippen molar-refractivity contribution in [2.75, 3.05) is 5.32 Å². The van der Waals surface area contributed by atoms with E-state index in [1.54, 1.807) is 6.07 Å². The zero-order chi connectivity index (χ0) is 15.7. The fourth-order valence-electron chi connectivity index (χ4n) is 2.46. The highest BCUT2D eigenvalue weighted by atomic mass is 35.5. The second-order valence-electron chi connectivity index (χ2n) is 4.91. The topological polar surface area (TPSA) is 98.0 Å². The van der Waals surface area contributed by atoms with E-state index in [0.29, 0.717) is 24.9 Å². The monoisotopic (exact) mass is 318 g/mol. The number of hydrogen-bond acceptors (Lipinski definition) is 6. The van der Waals surface area contributed by atoms with Gasteiger partial charge in [0.2, 0.25) is 11.1 Å². The first-order valence-electron chi connectivity index (χ1n) is 6.61. The van der Waals surface area contributed by atoms with Crippen molar-refractivity contribution in [3.63, 3.8) is 0 Å². The van der Waals surface area contributed by atoms with Crippen molar-refractivity contribution in [3.8, 4) is 0 Å². The summed E-state index contributed by atoms with van der Waals surface area (Å²) in [5.74, 6) is 0.161. The first-order valence-corrected chi connectivity index (χ1v) is 6.99. The maximum absolute atomic E-state index is 11.7. The number of ketones is 1. The van der Waals surface area contributed by atoms with Crippen LogP contribution in [0.4, 0.5) is 17.2 Å². The molecule has 2 aromatic rings. The number of aromatic nitrogens is 2. The second kappa shape index (κ2) is 5.69. The van der Waals surface area contributed by atoms with Gasteiger partial charge in [-0.25, -0.2) is 4.98 Å². The molecule has 0 unspecified atom stereocenters. The molecule has 1 aromatic carbocycles. The molecule has 0 amide bonds. The average Bonchev–Trinajstić information content (AvgIpc) is 2.47. The number of nitro groups is 1. The lowest BCUT2D eigenvalue weighted by atomic mass is 9.89.